The van der Waals surface area contributed by atoms with Crippen molar-refractivity contribution in [2.45, 2.75) is 45.8 Å². The van der Waals surface area contributed by atoms with Gasteiger partial charge in [-0.3, -0.25) is 0 Å². The van der Waals surface area contributed by atoms with E-state index in [1.54, 1.807) is 6.92 Å². The molecule has 2 atom stereocenters. The fraction of sp³-hybridized carbons (Fsp3) is 0.778. The molecule has 2 N–H and O–H groups in total. The zero-order chi connectivity index (χ0) is 10.6. The molecule has 0 aromatic carbocycles. The van der Waals surface area contributed by atoms with Crippen molar-refractivity contribution in [3.63, 3.8) is 0 Å². The fourth-order valence-electron chi connectivity index (χ4n) is 1.24. The number of rotatable bonds is 5. The summed E-state index contributed by atoms with van der Waals surface area (Å²) in [5.41, 5.74) is 0. The van der Waals surface area contributed by atoms with Gasteiger partial charge in [0.25, 0.3) is 0 Å². The summed E-state index contributed by atoms with van der Waals surface area (Å²) in [4.78, 5) is 4.29. The second-order valence-electron chi connectivity index (χ2n) is 3.50. The van der Waals surface area contributed by atoms with Gasteiger partial charge in [-0.2, -0.15) is 4.37 Å². The summed E-state index contributed by atoms with van der Waals surface area (Å²) in [6.07, 6.45) is 1.31. The average Bonchev–Trinajstić information content (AvgIpc) is 2.50. The topological polar surface area (TPSA) is 58.0 Å². The molecule has 4 nitrogen and oxygen atoms in total. The van der Waals surface area contributed by atoms with Crippen LogP contribution in [0.15, 0.2) is 0 Å². The molecule has 80 valence electrons. The molecule has 0 aliphatic carbocycles. The van der Waals surface area contributed by atoms with Crippen LogP contribution < -0.4 is 5.32 Å². The normalized spacial score (nSPS) is 15.1. The van der Waals surface area contributed by atoms with Crippen molar-refractivity contribution in [2.75, 3.05) is 5.32 Å². The Kier molecular flexibility index (Phi) is 4.28. The SMILES string of the molecule is CCc1nsc(NC(C)CC(C)O)n1. The van der Waals surface area contributed by atoms with Gasteiger partial charge >= 0.3 is 0 Å². The Morgan fingerprint density at radius 2 is 2.21 bits per heavy atom. The molecule has 0 aliphatic rings. The summed E-state index contributed by atoms with van der Waals surface area (Å²) in [6.45, 7) is 5.85. The highest BCUT2D eigenvalue weighted by Gasteiger charge is 2.08. The van der Waals surface area contributed by atoms with Crippen LogP contribution in [0, 0.1) is 0 Å². The van der Waals surface area contributed by atoms with Crippen LogP contribution in [0.1, 0.15) is 33.0 Å². The van der Waals surface area contributed by atoms with Gasteiger partial charge in [-0.25, -0.2) is 4.98 Å². The minimum atomic E-state index is -0.281. The molecular formula is C9H17N3OS. The number of nitrogens with one attached hydrogen (secondary N) is 1. The molecular weight excluding hydrogens is 198 g/mol. The molecule has 0 saturated carbocycles. The monoisotopic (exact) mass is 215 g/mol. The number of aliphatic hydroxyl groups is 1. The highest BCUT2D eigenvalue weighted by Crippen LogP contribution is 2.13. The molecule has 0 spiro atoms. The van der Waals surface area contributed by atoms with Crippen LogP contribution in [0.4, 0.5) is 5.13 Å². The van der Waals surface area contributed by atoms with Crippen molar-refractivity contribution < 1.29 is 5.11 Å². The van der Waals surface area contributed by atoms with Crippen LogP contribution in [0.3, 0.4) is 0 Å². The second-order valence-corrected chi connectivity index (χ2v) is 4.25. The summed E-state index contributed by atoms with van der Waals surface area (Å²) in [6, 6.07) is 0.229. The minimum Gasteiger partial charge on any atom is -0.393 e. The molecule has 1 aromatic rings. The number of nitrogens with zero attached hydrogens (tertiary/aromatic N) is 2. The molecule has 0 radical (unpaired) electrons. The molecule has 5 heteroatoms. The van der Waals surface area contributed by atoms with E-state index in [1.165, 1.54) is 11.5 Å². The lowest BCUT2D eigenvalue weighted by Gasteiger charge is -2.13. The molecule has 0 fully saturated rings. The number of aliphatic hydroxyl groups excluding tert-OH is 1. The number of aromatic nitrogens is 2. The number of hydrogen-bond donors (Lipinski definition) is 2. The maximum Gasteiger partial charge on any atom is 0.202 e. The average molecular weight is 215 g/mol. The third-order valence-corrected chi connectivity index (χ3v) is 2.53. The van der Waals surface area contributed by atoms with Crippen LogP contribution in [0.25, 0.3) is 0 Å². The Bertz CT molecular complexity index is 275. The first-order valence-electron chi connectivity index (χ1n) is 4.89. The Morgan fingerprint density at radius 1 is 1.50 bits per heavy atom. The van der Waals surface area contributed by atoms with Crippen LogP contribution in [0.2, 0.25) is 0 Å². The summed E-state index contributed by atoms with van der Waals surface area (Å²) < 4.78 is 4.17. The second kappa shape index (κ2) is 5.26. The highest BCUT2D eigenvalue weighted by atomic mass is 32.1. The van der Waals surface area contributed by atoms with E-state index in [0.717, 1.165) is 23.8 Å². The first kappa shape index (κ1) is 11.4. The zero-order valence-electron chi connectivity index (χ0n) is 8.82. The fourth-order valence-corrected chi connectivity index (χ4v) is 2.00. The van der Waals surface area contributed by atoms with Crippen molar-refractivity contribution in [2.24, 2.45) is 0 Å². The van der Waals surface area contributed by atoms with Gasteiger partial charge in [-0.05, 0) is 20.3 Å². The molecule has 0 aliphatic heterocycles. The van der Waals surface area contributed by atoms with E-state index in [-0.39, 0.29) is 12.1 Å². The lowest BCUT2D eigenvalue weighted by atomic mass is 10.2. The van der Waals surface area contributed by atoms with Gasteiger partial charge < -0.3 is 10.4 Å². The number of hydrogen-bond acceptors (Lipinski definition) is 5. The van der Waals surface area contributed by atoms with Gasteiger partial charge in [0, 0.05) is 24.0 Å². The maximum atomic E-state index is 9.18. The van der Waals surface area contributed by atoms with Gasteiger partial charge in [-0.15, -0.1) is 0 Å². The molecule has 1 heterocycles. The molecule has 14 heavy (non-hydrogen) atoms. The van der Waals surface area contributed by atoms with Crippen molar-refractivity contribution in [3.05, 3.63) is 5.82 Å². The van der Waals surface area contributed by atoms with Crippen molar-refractivity contribution >= 4 is 16.7 Å². The Labute approximate surface area is 88.6 Å². The third kappa shape index (κ3) is 3.59. The smallest absolute Gasteiger partial charge is 0.202 e. The third-order valence-electron chi connectivity index (χ3n) is 1.85. The van der Waals surface area contributed by atoms with E-state index in [2.05, 4.69) is 14.7 Å². The first-order valence-corrected chi connectivity index (χ1v) is 5.66. The minimum absolute atomic E-state index is 0.229. The van der Waals surface area contributed by atoms with E-state index < -0.39 is 0 Å². The molecule has 2 unspecified atom stereocenters. The van der Waals surface area contributed by atoms with Crippen molar-refractivity contribution in [1.29, 1.82) is 0 Å². The first-order chi connectivity index (χ1) is 6.61. The quantitative estimate of drug-likeness (QED) is 0.784. The van der Waals surface area contributed by atoms with Crippen LogP contribution in [-0.2, 0) is 6.42 Å². The molecule has 0 saturated heterocycles. The van der Waals surface area contributed by atoms with E-state index in [9.17, 15) is 5.11 Å². The van der Waals surface area contributed by atoms with Gasteiger partial charge in [0.05, 0.1) is 6.10 Å². The lowest BCUT2D eigenvalue weighted by Crippen LogP contribution is -2.20. The van der Waals surface area contributed by atoms with Crippen molar-refractivity contribution in [1.82, 2.24) is 9.36 Å². The predicted octanol–water partition coefficient (Wildman–Crippen LogP) is 1.67. The van der Waals surface area contributed by atoms with Gasteiger partial charge in [0.2, 0.25) is 5.13 Å². The largest absolute Gasteiger partial charge is 0.393 e. The van der Waals surface area contributed by atoms with Crippen LogP contribution in [0.5, 0.6) is 0 Å². The van der Waals surface area contributed by atoms with Crippen LogP contribution in [-0.4, -0.2) is 26.6 Å². The summed E-state index contributed by atoms with van der Waals surface area (Å²) in [7, 11) is 0. The zero-order valence-corrected chi connectivity index (χ0v) is 9.64. The van der Waals surface area contributed by atoms with Gasteiger partial charge in [0.1, 0.15) is 5.82 Å². The lowest BCUT2D eigenvalue weighted by molar-refractivity contribution is 0.179. The highest BCUT2D eigenvalue weighted by molar-refractivity contribution is 7.09. The Hall–Kier alpha value is -0.680. The van der Waals surface area contributed by atoms with E-state index >= 15 is 0 Å². The predicted molar refractivity (Wildman–Crippen MR) is 58.7 cm³/mol. The standard InChI is InChI=1S/C9H17N3OS/c1-4-8-11-9(14-12-8)10-6(2)5-7(3)13/h6-7,13H,4-5H2,1-3H3,(H,10,11,12). The Morgan fingerprint density at radius 3 is 2.71 bits per heavy atom. The Balaban J connectivity index is 2.43. The van der Waals surface area contributed by atoms with Crippen LogP contribution >= 0.6 is 11.5 Å². The summed E-state index contributed by atoms with van der Waals surface area (Å²) in [5.74, 6) is 0.877. The number of aryl methyl sites for hydroxylation is 1. The van der Waals surface area contributed by atoms with E-state index in [1.807, 2.05) is 13.8 Å². The maximum absolute atomic E-state index is 9.18. The van der Waals surface area contributed by atoms with Crippen molar-refractivity contribution in [3.8, 4) is 0 Å². The summed E-state index contributed by atoms with van der Waals surface area (Å²) >= 11 is 1.38. The van der Waals surface area contributed by atoms with Gasteiger partial charge in [-0.1, -0.05) is 6.92 Å². The van der Waals surface area contributed by atoms with E-state index in [0.29, 0.717) is 0 Å². The molecule has 0 bridgehead atoms. The van der Waals surface area contributed by atoms with E-state index in [4.69, 9.17) is 0 Å². The summed E-state index contributed by atoms with van der Waals surface area (Å²) in [5, 5.41) is 13.2. The number of anilines is 1. The molecule has 1 rings (SSSR count). The molecule has 0 amide bonds. The molecule has 1 aromatic heterocycles. The van der Waals surface area contributed by atoms with Gasteiger partial charge in [0.15, 0.2) is 0 Å².